The molecule has 0 aliphatic carbocycles. The SMILES string of the molecule is Cc1ccccc1CCC(N)Cc1nnn(C)n1. The van der Waals surface area contributed by atoms with Crippen molar-refractivity contribution in [3.8, 4) is 0 Å². The van der Waals surface area contributed by atoms with Crippen LogP contribution >= 0.6 is 0 Å². The Kier molecular flexibility index (Phi) is 4.04. The molecule has 0 saturated heterocycles. The summed E-state index contributed by atoms with van der Waals surface area (Å²) in [5.74, 6) is 0.717. The summed E-state index contributed by atoms with van der Waals surface area (Å²) >= 11 is 0. The minimum atomic E-state index is 0.0776. The number of tetrazole rings is 1. The van der Waals surface area contributed by atoms with Gasteiger partial charge < -0.3 is 5.73 Å². The fraction of sp³-hybridized carbons (Fsp3) is 0.462. The molecule has 0 fully saturated rings. The molecule has 2 N–H and O–H groups in total. The number of hydrogen-bond acceptors (Lipinski definition) is 4. The van der Waals surface area contributed by atoms with Crippen molar-refractivity contribution < 1.29 is 0 Å². The van der Waals surface area contributed by atoms with Gasteiger partial charge in [0.25, 0.3) is 0 Å². The number of hydrogen-bond donors (Lipinski definition) is 1. The monoisotopic (exact) mass is 245 g/mol. The Morgan fingerprint density at radius 3 is 2.78 bits per heavy atom. The van der Waals surface area contributed by atoms with Gasteiger partial charge in [-0.05, 0) is 36.1 Å². The van der Waals surface area contributed by atoms with Gasteiger partial charge >= 0.3 is 0 Å². The Balaban J connectivity index is 1.85. The Bertz CT molecular complexity index is 506. The molecule has 1 aromatic carbocycles. The number of nitrogens with zero attached hydrogens (tertiary/aromatic N) is 4. The first-order chi connectivity index (χ1) is 8.65. The van der Waals surface area contributed by atoms with Crippen LogP contribution in [-0.4, -0.2) is 26.2 Å². The van der Waals surface area contributed by atoms with Crippen molar-refractivity contribution in [3.63, 3.8) is 0 Å². The maximum Gasteiger partial charge on any atom is 0.176 e. The lowest BCUT2D eigenvalue weighted by molar-refractivity contribution is 0.586. The number of rotatable bonds is 5. The van der Waals surface area contributed by atoms with E-state index in [0.717, 1.165) is 18.7 Å². The number of nitrogens with two attached hydrogens (primary N) is 1. The van der Waals surface area contributed by atoms with E-state index in [9.17, 15) is 0 Å². The zero-order valence-electron chi connectivity index (χ0n) is 10.9. The smallest absolute Gasteiger partial charge is 0.176 e. The van der Waals surface area contributed by atoms with Crippen molar-refractivity contribution in [2.45, 2.75) is 32.2 Å². The molecule has 0 aliphatic heterocycles. The number of benzene rings is 1. The standard InChI is InChI=1S/C13H19N5/c1-10-5-3-4-6-11(10)7-8-12(14)9-13-15-17-18(2)16-13/h3-6,12H,7-9,14H2,1-2H3. The van der Waals surface area contributed by atoms with Crippen LogP contribution in [0.5, 0.6) is 0 Å². The second-order valence-corrected chi connectivity index (χ2v) is 4.62. The Labute approximate surface area is 107 Å². The van der Waals surface area contributed by atoms with Crippen LogP contribution in [0.4, 0.5) is 0 Å². The summed E-state index contributed by atoms with van der Waals surface area (Å²) in [6, 6.07) is 8.49. The lowest BCUT2D eigenvalue weighted by atomic mass is 10.00. The van der Waals surface area contributed by atoms with E-state index in [1.165, 1.54) is 15.9 Å². The molecule has 2 rings (SSSR count). The van der Waals surface area contributed by atoms with Gasteiger partial charge in [-0.3, -0.25) is 0 Å². The normalized spacial score (nSPS) is 12.6. The number of aryl methyl sites for hydroxylation is 3. The molecular weight excluding hydrogens is 226 g/mol. The summed E-state index contributed by atoms with van der Waals surface area (Å²) in [5.41, 5.74) is 8.78. The highest BCUT2D eigenvalue weighted by molar-refractivity contribution is 5.25. The third-order valence-electron chi connectivity index (χ3n) is 3.04. The Hall–Kier alpha value is -1.75. The van der Waals surface area contributed by atoms with Crippen LogP contribution in [0.2, 0.25) is 0 Å². The lowest BCUT2D eigenvalue weighted by Crippen LogP contribution is -2.24. The van der Waals surface area contributed by atoms with Crippen molar-refractivity contribution in [2.24, 2.45) is 12.8 Å². The van der Waals surface area contributed by atoms with E-state index in [1.54, 1.807) is 7.05 Å². The molecule has 1 aromatic heterocycles. The van der Waals surface area contributed by atoms with Crippen molar-refractivity contribution in [3.05, 3.63) is 41.2 Å². The summed E-state index contributed by atoms with van der Waals surface area (Å²) in [6.45, 7) is 2.13. The zero-order chi connectivity index (χ0) is 13.0. The van der Waals surface area contributed by atoms with Gasteiger partial charge in [-0.1, -0.05) is 24.3 Å². The molecule has 0 bridgehead atoms. The number of aromatic nitrogens is 4. The average molecular weight is 245 g/mol. The molecule has 0 radical (unpaired) electrons. The first kappa shape index (κ1) is 12.7. The van der Waals surface area contributed by atoms with Crippen LogP contribution in [0.15, 0.2) is 24.3 Å². The Morgan fingerprint density at radius 2 is 2.11 bits per heavy atom. The van der Waals surface area contributed by atoms with E-state index in [2.05, 4.69) is 46.6 Å². The molecule has 0 aliphatic rings. The third kappa shape index (κ3) is 3.37. The molecule has 18 heavy (non-hydrogen) atoms. The fourth-order valence-electron chi connectivity index (χ4n) is 1.97. The highest BCUT2D eigenvalue weighted by Crippen LogP contribution is 2.11. The maximum atomic E-state index is 6.10. The first-order valence-corrected chi connectivity index (χ1v) is 6.18. The molecule has 1 unspecified atom stereocenters. The van der Waals surface area contributed by atoms with Gasteiger partial charge in [0.2, 0.25) is 0 Å². The zero-order valence-corrected chi connectivity index (χ0v) is 10.9. The van der Waals surface area contributed by atoms with Crippen LogP contribution in [0.1, 0.15) is 23.4 Å². The van der Waals surface area contributed by atoms with Crippen LogP contribution in [0.3, 0.4) is 0 Å². The van der Waals surface area contributed by atoms with Gasteiger partial charge in [0.1, 0.15) is 0 Å². The van der Waals surface area contributed by atoms with Gasteiger partial charge in [-0.2, -0.15) is 4.80 Å². The summed E-state index contributed by atoms with van der Waals surface area (Å²) in [4.78, 5) is 1.46. The predicted octanol–water partition coefficient (Wildman–Crippen LogP) is 1.02. The van der Waals surface area contributed by atoms with Crippen LogP contribution < -0.4 is 5.73 Å². The highest BCUT2D eigenvalue weighted by atomic mass is 15.6. The first-order valence-electron chi connectivity index (χ1n) is 6.18. The quantitative estimate of drug-likeness (QED) is 0.854. The second-order valence-electron chi connectivity index (χ2n) is 4.62. The topological polar surface area (TPSA) is 69.6 Å². The molecule has 1 heterocycles. The van der Waals surface area contributed by atoms with Gasteiger partial charge in [-0.15, -0.1) is 10.2 Å². The summed E-state index contributed by atoms with van der Waals surface area (Å²) in [6.07, 6.45) is 2.61. The van der Waals surface area contributed by atoms with E-state index in [1.807, 2.05) is 0 Å². The van der Waals surface area contributed by atoms with E-state index >= 15 is 0 Å². The molecule has 96 valence electrons. The van der Waals surface area contributed by atoms with Crippen molar-refractivity contribution in [1.29, 1.82) is 0 Å². The van der Waals surface area contributed by atoms with Gasteiger partial charge in [0.05, 0.1) is 7.05 Å². The van der Waals surface area contributed by atoms with E-state index in [-0.39, 0.29) is 6.04 Å². The fourth-order valence-corrected chi connectivity index (χ4v) is 1.97. The molecule has 5 heteroatoms. The van der Waals surface area contributed by atoms with Crippen LogP contribution in [0, 0.1) is 6.92 Å². The van der Waals surface area contributed by atoms with E-state index in [4.69, 9.17) is 5.73 Å². The molecule has 1 atom stereocenters. The van der Waals surface area contributed by atoms with Gasteiger partial charge in [-0.25, -0.2) is 0 Å². The second kappa shape index (κ2) is 5.73. The molecular formula is C13H19N5. The van der Waals surface area contributed by atoms with Crippen molar-refractivity contribution >= 4 is 0 Å². The van der Waals surface area contributed by atoms with Gasteiger partial charge in [0.15, 0.2) is 5.82 Å². The van der Waals surface area contributed by atoms with Gasteiger partial charge in [0, 0.05) is 12.5 Å². The minimum Gasteiger partial charge on any atom is -0.327 e. The minimum absolute atomic E-state index is 0.0776. The predicted molar refractivity (Wildman–Crippen MR) is 70.0 cm³/mol. The van der Waals surface area contributed by atoms with Crippen molar-refractivity contribution in [1.82, 2.24) is 20.2 Å². The molecule has 0 spiro atoms. The third-order valence-corrected chi connectivity index (χ3v) is 3.04. The summed E-state index contributed by atoms with van der Waals surface area (Å²) in [5, 5.41) is 11.9. The van der Waals surface area contributed by atoms with Crippen molar-refractivity contribution in [2.75, 3.05) is 0 Å². The Morgan fingerprint density at radius 1 is 1.33 bits per heavy atom. The summed E-state index contributed by atoms with van der Waals surface area (Å²) in [7, 11) is 1.76. The average Bonchev–Trinajstić information content (AvgIpc) is 2.74. The van der Waals surface area contributed by atoms with Crippen LogP contribution in [0.25, 0.3) is 0 Å². The van der Waals surface area contributed by atoms with E-state index < -0.39 is 0 Å². The molecule has 5 nitrogen and oxygen atoms in total. The van der Waals surface area contributed by atoms with E-state index in [0.29, 0.717) is 6.42 Å². The molecule has 0 saturated carbocycles. The summed E-state index contributed by atoms with van der Waals surface area (Å²) < 4.78 is 0. The maximum absolute atomic E-state index is 6.10. The lowest BCUT2D eigenvalue weighted by Gasteiger charge is -2.10. The molecule has 0 amide bonds. The van der Waals surface area contributed by atoms with Crippen LogP contribution in [-0.2, 0) is 19.9 Å². The largest absolute Gasteiger partial charge is 0.327 e. The molecule has 2 aromatic rings. The highest BCUT2D eigenvalue weighted by Gasteiger charge is 2.09.